The lowest BCUT2D eigenvalue weighted by atomic mass is 10.1. The summed E-state index contributed by atoms with van der Waals surface area (Å²) in [5, 5.41) is 3.35. The fourth-order valence-corrected chi connectivity index (χ4v) is 2.75. The molecule has 96 valence electrons. The number of amidine groups is 1. The average molecular weight is 266 g/mol. The number of thioether (sulfide) groups is 1. The lowest BCUT2D eigenvalue weighted by molar-refractivity contribution is -0.123. The quantitative estimate of drug-likeness (QED) is 0.913. The highest BCUT2D eigenvalue weighted by Gasteiger charge is 2.24. The molecule has 0 spiro atoms. The molecule has 0 bridgehead atoms. The molecule has 1 heterocycles. The Kier molecular flexibility index (Phi) is 4.36. The van der Waals surface area contributed by atoms with Gasteiger partial charge in [-0.15, -0.1) is 0 Å². The number of amides is 1. The number of hydrogen-bond acceptors (Lipinski definition) is 3. The number of rotatable bonds is 3. The average Bonchev–Trinajstić information content (AvgIpc) is 2.38. The Hall–Kier alpha value is -1.36. The van der Waals surface area contributed by atoms with Crippen LogP contribution in [-0.4, -0.2) is 16.8 Å². The van der Waals surface area contributed by atoms with Gasteiger partial charge in [-0.05, 0) is 12.5 Å². The summed E-state index contributed by atoms with van der Waals surface area (Å²) >= 11 is 1.52. The fraction of sp³-hybridized carbons (Fsp3) is 0.385. The predicted molar refractivity (Wildman–Crippen MR) is 71.9 cm³/mol. The van der Waals surface area contributed by atoms with Crippen LogP contribution in [0.5, 0.6) is 0 Å². The summed E-state index contributed by atoms with van der Waals surface area (Å²) < 4.78 is 13.4. The monoisotopic (exact) mass is 266 g/mol. The number of carbonyl (C=O) groups excluding carboxylic acids is 1. The zero-order chi connectivity index (χ0) is 13.0. The predicted octanol–water partition coefficient (Wildman–Crippen LogP) is 2.57. The van der Waals surface area contributed by atoms with E-state index >= 15 is 0 Å². The molecule has 1 aromatic carbocycles. The number of aliphatic imine (C=N–C) groups is 1. The van der Waals surface area contributed by atoms with Gasteiger partial charge >= 0.3 is 0 Å². The molecule has 18 heavy (non-hydrogen) atoms. The maximum absolute atomic E-state index is 13.4. The highest BCUT2D eigenvalue weighted by atomic mass is 32.2. The third kappa shape index (κ3) is 3.10. The summed E-state index contributed by atoms with van der Waals surface area (Å²) in [7, 11) is 0. The van der Waals surface area contributed by atoms with Crippen molar-refractivity contribution in [1.29, 1.82) is 0 Å². The van der Waals surface area contributed by atoms with Crippen LogP contribution in [0.3, 0.4) is 0 Å². The molecule has 0 saturated carbocycles. The van der Waals surface area contributed by atoms with Gasteiger partial charge in [0.1, 0.15) is 5.82 Å². The zero-order valence-electron chi connectivity index (χ0n) is 10.1. The van der Waals surface area contributed by atoms with Crippen molar-refractivity contribution >= 4 is 22.8 Å². The first-order valence-corrected chi connectivity index (χ1v) is 6.90. The number of hydrogen-bond donors (Lipinski definition) is 1. The molecule has 3 nitrogen and oxygen atoms in total. The second-order valence-corrected chi connectivity index (χ2v) is 5.13. The van der Waals surface area contributed by atoms with Gasteiger partial charge in [0.2, 0.25) is 5.91 Å². The van der Waals surface area contributed by atoms with Gasteiger partial charge in [-0.1, -0.05) is 36.9 Å². The molecule has 1 fully saturated rings. The molecule has 1 atom stereocenters. The minimum Gasteiger partial charge on any atom is -0.305 e. The van der Waals surface area contributed by atoms with Gasteiger partial charge in [0.05, 0.1) is 6.54 Å². The lowest BCUT2D eigenvalue weighted by Gasteiger charge is -2.21. The van der Waals surface area contributed by atoms with Crippen molar-refractivity contribution in [2.24, 2.45) is 10.9 Å². The topological polar surface area (TPSA) is 41.5 Å². The molecular weight excluding hydrogens is 251 g/mol. The van der Waals surface area contributed by atoms with Crippen molar-refractivity contribution in [3.63, 3.8) is 0 Å². The second-order valence-electron chi connectivity index (χ2n) is 4.12. The standard InChI is InChI=1S/C13H15FN2OS/c1-2-9-8-18-13(16-12(9)17)15-7-10-5-3-4-6-11(10)14/h3-6,9H,2,7-8H2,1H3,(H,15,16,17). The van der Waals surface area contributed by atoms with E-state index in [1.807, 2.05) is 6.92 Å². The van der Waals surface area contributed by atoms with Crippen LogP contribution >= 0.6 is 11.8 Å². The molecule has 1 aliphatic rings. The van der Waals surface area contributed by atoms with E-state index in [-0.39, 0.29) is 24.2 Å². The van der Waals surface area contributed by atoms with E-state index in [4.69, 9.17) is 0 Å². The van der Waals surface area contributed by atoms with Crippen LogP contribution < -0.4 is 5.32 Å². The Labute approximate surface area is 110 Å². The van der Waals surface area contributed by atoms with Crippen molar-refractivity contribution in [3.8, 4) is 0 Å². The Balaban J connectivity index is 1.99. The third-order valence-corrected chi connectivity index (χ3v) is 3.94. The highest BCUT2D eigenvalue weighted by Crippen LogP contribution is 2.19. The van der Waals surface area contributed by atoms with Crippen LogP contribution in [0, 0.1) is 11.7 Å². The smallest absolute Gasteiger partial charge is 0.229 e. The maximum atomic E-state index is 13.4. The van der Waals surface area contributed by atoms with Gasteiger partial charge < -0.3 is 5.32 Å². The van der Waals surface area contributed by atoms with E-state index in [1.165, 1.54) is 17.8 Å². The molecule has 1 aliphatic heterocycles. The van der Waals surface area contributed by atoms with Crippen LogP contribution in [0.4, 0.5) is 4.39 Å². The minimum atomic E-state index is -0.263. The summed E-state index contributed by atoms with van der Waals surface area (Å²) in [6, 6.07) is 6.53. The van der Waals surface area contributed by atoms with Crippen molar-refractivity contribution in [1.82, 2.24) is 5.32 Å². The lowest BCUT2D eigenvalue weighted by Crippen LogP contribution is -2.40. The Morgan fingerprint density at radius 3 is 2.94 bits per heavy atom. The Bertz CT molecular complexity index is 476. The van der Waals surface area contributed by atoms with Crippen LogP contribution in [0.15, 0.2) is 29.3 Å². The Morgan fingerprint density at radius 2 is 2.28 bits per heavy atom. The molecular formula is C13H15FN2OS. The van der Waals surface area contributed by atoms with Crippen molar-refractivity contribution < 1.29 is 9.18 Å². The van der Waals surface area contributed by atoms with Gasteiger partial charge in [0, 0.05) is 17.2 Å². The normalized spacial score (nSPS) is 22.0. The van der Waals surface area contributed by atoms with Gasteiger partial charge in [-0.2, -0.15) is 0 Å². The Morgan fingerprint density at radius 1 is 1.50 bits per heavy atom. The fourth-order valence-electron chi connectivity index (χ4n) is 1.67. The van der Waals surface area contributed by atoms with Crippen LogP contribution in [-0.2, 0) is 11.3 Å². The van der Waals surface area contributed by atoms with Crippen molar-refractivity contribution in [2.45, 2.75) is 19.9 Å². The SMILES string of the molecule is CCC1CSC(=NCc2ccccc2F)NC1=O. The van der Waals surface area contributed by atoms with E-state index in [9.17, 15) is 9.18 Å². The van der Waals surface area contributed by atoms with Crippen LogP contribution in [0.2, 0.25) is 0 Å². The molecule has 1 amide bonds. The van der Waals surface area contributed by atoms with Crippen molar-refractivity contribution in [2.75, 3.05) is 5.75 Å². The van der Waals surface area contributed by atoms with Gasteiger partial charge in [0.25, 0.3) is 0 Å². The van der Waals surface area contributed by atoms with Gasteiger partial charge in [0.15, 0.2) is 5.17 Å². The second kappa shape index (κ2) is 6.00. The largest absolute Gasteiger partial charge is 0.305 e. The molecule has 0 aromatic heterocycles. The number of carbonyl (C=O) groups is 1. The summed E-state index contributed by atoms with van der Waals surface area (Å²) in [6.07, 6.45) is 0.833. The zero-order valence-corrected chi connectivity index (χ0v) is 11.0. The first kappa shape index (κ1) is 13.1. The molecule has 1 N–H and O–H groups in total. The first-order valence-electron chi connectivity index (χ1n) is 5.92. The molecule has 1 saturated heterocycles. The van der Waals surface area contributed by atoms with E-state index < -0.39 is 0 Å². The summed E-state index contributed by atoms with van der Waals surface area (Å²) in [5.74, 6) is 0.560. The van der Waals surface area contributed by atoms with E-state index in [1.54, 1.807) is 18.2 Å². The maximum Gasteiger partial charge on any atom is 0.229 e. The highest BCUT2D eigenvalue weighted by molar-refractivity contribution is 8.14. The van der Waals surface area contributed by atoms with Gasteiger partial charge in [-0.3, -0.25) is 9.79 Å². The summed E-state index contributed by atoms with van der Waals surface area (Å²) in [5.41, 5.74) is 0.539. The molecule has 5 heteroatoms. The van der Waals surface area contributed by atoms with Gasteiger partial charge in [-0.25, -0.2) is 4.39 Å². The number of nitrogens with zero attached hydrogens (tertiary/aromatic N) is 1. The van der Waals surface area contributed by atoms with Crippen molar-refractivity contribution in [3.05, 3.63) is 35.6 Å². The first-order chi connectivity index (χ1) is 8.70. The van der Waals surface area contributed by atoms with Crippen LogP contribution in [0.25, 0.3) is 0 Å². The number of nitrogens with one attached hydrogen (secondary N) is 1. The molecule has 0 radical (unpaired) electrons. The third-order valence-electron chi connectivity index (χ3n) is 2.87. The van der Waals surface area contributed by atoms with Crippen LogP contribution in [0.1, 0.15) is 18.9 Å². The molecule has 0 aliphatic carbocycles. The number of benzene rings is 1. The molecule has 1 unspecified atom stereocenters. The molecule has 2 rings (SSSR count). The summed E-state index contributed by atoms with van der Waals surface area (Å²) in [4.78, 5) is 15.9. The molecule has 1 aromatic rings. The summed E-state index contributed by atoms with van der Waals surface area (Å²) in [6.45, 7) is 2.25. The van der Waals surface area contributed by atoms with E-state index in [0.717, 1.165) is 12.2 Å². The number of halogens is 1. The van der Waals surface area contributed by atoms with E-state index in [0.29, 0.717) is 10.7 Å². The minimum absolute atomic E-state index is 0.0172. The van der Waals surface area contributed by atoms with E-state index in [2.05, 4.69) is 10.3 Å².